The minimum absolute atomic E-state index is 0.147. The first-order valence-corrected chi connectivity index (χ1v) is 5.83. The molecule has 0 aliphatic heterocycles. The van der Waals surface area contributed by atoms with Gasteiger partial charge in [-0.25, -0.2) is 0 Å². The first-order chi connectivity index (χ1) is 7.97. The van der Waals surface area contributed by atoms with E-state index < -0.39 is 0 Å². The molecule has 0 unspecified atom stereocenters. The van der Waals surface area contributed by atoms with Crippen LogP contribution in [-0.4, -0.2) is 9.66 Å². The molecule has 0 fully saturated rings. The van der Waals surface area contributed by atoms with E-state index in [1.807, 2.05) is 0 Å². The molecular weight excluding hydrogens is 258 g/mol. The average Bonchev–Trinajstić information content (AvgIpc) is 2.30. The number of nitrogen functional groups attached to an aromatic ring is 3. The van der Waals surface area contributed by atoms with Crippen LogP contribution in [0.2, 0.25) is 0 Å². The average molecular weight is 269 g/mol. The Morgan fingerprint density at radius 2 is 1.71 bits per heavy atom. The number of aromatic hydroxyl groups is 1. The predicted octanol–water partition coefficient (Wildman–Crippen LogP) is 2.15. The third-order valence-corrected chi connectivity index (χ3v) is 3.46. The quantitative estimate of drug-likeness (QED) is 0.204. The summed E-state index contributed by atoms with van der Waals surface area (Å²) < 4.78 is 9.07. The second kappa shape index (κ2) is 4.10. The van der Waals surface area contributed by atoms with Crippen LogP contribution in [0.15, 0.2) is 21.9 Å². The molecule has 0 aliphatic rings. The molecule has 0 amide bonds. The summed E-state index contributed by atoms with van der Waals surface area (Å²) in [6.07, 6.45) is 0. The van der Waals surface area contributed by atoms with Crippen LogP contribution < -0.4 is 17.2 Å². The normalized spacial score (nSPS) is 10.9. The molecule has 8 N–H and O–H groups in total. The zero-order valence-electron chi connectivity index (χ0n) is 8.64. The maximum absolute atomic E-state index is 9.93. The van der Waals surface area contributed by atoms with E-state index >= 15 is 0 Å². The highest BCUT2D eigenvalue weighted by atomic mass is 32.2. The lowest BCUT2D eigenvalue weighted by atomic mass is 10.1. The summed E-state index contributed by atoms with van der Waals surface area (Å²) >= 11 is 4.64. The molecule has 17 heavy (non-hydrogen) atoms. The Bertz CT molecular complexity index is 617. The van der Waals surface area contributed by atoms with Crippen LogP contribution in [0.4, 0.5) is 17.1 Å². The number of hydrogen-bond donors (Lipinski definition) is 6. The zero-order chi connectivity index (χ0) is 12.7. The fourth-order valence-corrected chi connectivity index (χ4v) is 2.28. The summed E-state index contributed by atoms with van der Waals surface area (Å²) in [4.78, 5) is 0.861. The van der Waals surface area contributed by atoms with E-state index in [-0.39, 0.29) is 22.8 Å². The van der Waals surface area contributed by atoms with E-state index in [1.54, 1.807) is 12.1 Å². The third kappa shape index (κ3) is 1.72. The number of phenolic OH excluding ortho intramolecular Hbond substituents is 1. The lowest BCUT2D eigenvalue weighted by Gasteiger charge is -2.13. The second-order valence-electron chi connectivity index (χ2n) is 3.55. The van der Waals surface area contributed by atoms with Gasteiger partial charge in [0, 0.05) is 16.9 Å². The highest BCUT2D eigenvalue weighted by molar-refractivity contribution is 7.94. The SMILES string of the molecule is Nc1c(SO)cc2cc(S)c(N)c(O)c2c1N. The molecule has 2 rings (SSSR count). The standard InChI is InChI=1S/C10H11N3O2S2/c11-7-4(16)1-3-2-5(17-15)8(12)9(13)6(3)10(7)14/h1-2,14-16H,11-13H2. The zero-order valence-corrected chi connectivity index (χ0v) is 10.3. The van der Waals surface area contributed by atoms with Crippen LogP contribution in [0.5, 0.6) is 5.75 Å². The summed E-state index contributed by atoms with van der Waals surface area (Å²) in [5, 5.41) is 10.9. The first kappa shape index (κ1) is 12.0. The molecule has 0 radical (unpaired) electrons. The van der Waals surface area contributed by atoms with Crippen molar-refractivity contribution in [3.05, 3.63) is 12.1 Å². The lowest BCUT2D eigenvalue weighted by molar-refractivity contribution is 0.483. The van der Waals surface area contributed by atoms with E-state index in [0.29, 0.717) is 32.6 Å². The van der Waals surface area contributed by atoms with Gasteiger partial charge >= 0.3 is 0 Å². The minimum Gasteiger partial charge on any atom is -0.505 e. The van der Waals surface area contributed by atoms with E-state index in [1.165, 1.54) is 0 Å². The minimum atomic E-state index is -0.147. The molecule has 0 bridgehead atoms. The number of nitrogens with two attached hydrogens (primary N) is 3. The van der Waals surface area contributed by atoms with Crippen molar-refractivity contribution in [3.8, 4) is 5.75 Å². The van der Waals surface area contributed by atoms with Crippen LogP contribution in [-0.2, 0) is 0 Å². The van der Waals surface area contributed by atoms with Crippen molar-refractivity contribution >= 4 is 52.5 Å². The summed E-state index contributed by atoms with van der Waals surface area (Å²) in [5.41, 5.74) is 17.8. The molecule has 0 aromatic heterocycles. The van der Waals surface area contributed by atoms with Gasteiger partial charge in [-0.05, 0) is 17.5 Å². The number of benzene rings is 2. The van der Waals surface area contributed by atoms with Crippen molar-refractivity contribution in [3.63, 3.8) is 0 Å². The molecule has 0 heterocycles. The number of fused-ring (bicyclic) bond motifs is 1. The molecule has 0 aliphatic carbocycles. The van der Waals surface area contributed by atoms with E-state index in [0.717, 1.165) is 0 Å². The number of anilines is 3. The molecule has 90 valence electrons. The van der Waals surface area contributed by atoms with Crippen molar-refractivity contribution < 1.29 is 9.66 Å². The molecule has 0 spiro atoms. The highest BCUT2D eigenvalue weighted by Crippen LogP contribution is 2.43. The largest absolute Gasteiger partial charge is 0.505 e. The van der Waals surface area contributed by atoms with Gasteiger partial charge < -0.3 is 26.9 Å². The number of hydrogen-bond acceptors (Lipinski definition) is 7. The van der Waals surface area contributed by atoms with Gasteiger partial charge in [-0.3, -0.25) is 0 Å². The van der Waals surface area contributed by atoms with Crippen LogP contribution in [0.3, 0.4) is 0 Å². The van der Waals surface area contributed by atoms with Gasteiger partial charge in [0.2, 0.25) is 0 Å². The summed E-state index contributed by atoms with van der Waals surface area (Å²) in [6.45, 7) is 0. The Morgan fingerprint density at radius 3 is 2.29 bits per heavy atom. The lowest BCUT2D eigenvalue weighted by Crippen LogP contribution is -1.99. The fourth-order valence-electron chi connectivity index (χ4n) is 1.65. The van der Waals surface area contributed by atoms with Crippen molar-refractivity contribution in [2.45, 2.75) is 9.79 Å². The van der Waals surface area contributed by atoms with E-state index in [9.17, 15) is 5.11 Å². The molecule has 0 atom stereocenters. The Hall–Kier alpha value is -1.44. The van der Waals surface area contributed by atoms with Gasteiger partial charge in [0.05, 0.1) is 27.3 Å². The molecule has 5 nitrogen and oxygen atoms in total. The van der Waals surface area contributed by atoms with E-state index in [4.69, 9.17) is 21.8 Å². The third-order valence-electron chi connectivity index (χ3n) is 2.56. The van der Waals surface area contributed by atoms with Gasteiger partial charge in [-0.15, -0.1) is 12.6 Å². The second-order valence-corrected chi connectivity index (χ2v) is 4.65. The van der Waals surface area contributed by atoms with Crippen LogP contribution in [0.25, 0.3) is 10.8 Å². The Labute approximate surface area is 107 Å². The van der Waals surface area contributed by atoms with Crippen LogP contribution in [0.1, 0.15) is 0 Å². The van der Waals surface area contributed by atoms with Gasteiger partial charge in [-0.1, -0.05) is 0 Å². The molecule has 0 saturated carbocycles. The summed E-state index contributed by atoms with van der Waals surface area (Å²) in [7, 11) is 0. The Morgan fingerprint density at radius 1 is 1.06 bits per heavy atom. The van der Waals surface area contributed by atoms with Gasteiger partial charge in [-0.2, -0.15) is 0 Å². The topological polar surface area (TPSA) is 119 Å². The maximum Gasteiger partial charge on any atom is 0.149 e. The highest BCUT2D eigenvalue weighted by Gasteiger charge is 2.15. The van der Waals surface area contributed by atoms with Crippen molar-refractivity contribution in [1.29, 1.82) is 0 Å². The number of rotatable bonds is 1. The summed E-state index contributed by atoms with van der Waals surface area (Å²) in [6, 6.07) is 3.27. The van der Waals surface area contributed by atoms with Crippen molar-refractivity contribution in [1.82, 2.24) is 0 Å². The molecule has 2 aromatic rings. The molecule has 7 heteroatoms. The monoisotopic (exact) mass is 269 g/mol. The smallest absolute Gasteiger partial charge is 0.149 e. The van der Waals surface area contributed by atoms with Crippen molar-refractivity contribution in [2.75, 3.05) is 17.2 Å². The Balaban J connectivity index is 2.97. The van der Waals surface area contributed by atoms with Gasteiger partial charge in [0.15, 0.2) is 0 Å². The Kier molecular flexibility index (Phi) is 2.90. The van der Waals surface area contributed by atoms with Crippen LogP contribution in [0, 0.1) is 0 Å². The van der Waals surface area contributed by atoms with Gasteiger partial charge in [0.25, 0.3) is 0 Å². The molecule has 0 saturated heterocycles. The number of phenols is 1. The predicted molar refractivity (Wildman–Crippen MR) is 74.6 cm³/mol. The summed E-state index contributed by atoms with van der Waals surface area (Å²) in [5.74, 6) is -0.147. The fraction of sp³-hybridized carbons (Fsp3) is 0. The van der Waals surface area contributed by atoms with Gasteiger partial charge in [0.1, 0.15) is 5.75 Å². The van der Waals surface area contributed by atoms with Crippen molar-refractivity contribution in [2.24, 2.45) is 0 Å². The molecular formula is C10H11N3O2S2. The van der Waals surface area contributed by atoms with Crippen LogP contribution >= 0.6 is 24.7 Å². The first-order valence-electron chi connectivity index (χ1n) is 4.60. The molecule has 2 aromatic carbocycles. The maximum atomic E-state index is 9.93. The number of thiol groups is 1. The van der Waals surface area contributed by atoms with E-state index in [2.05, 4.69) is 12.6 Å².